The van der Waals surface area contributed by atoms with E-state index in [9.17, 15) is 4.79 Å². The predicted octanol–water partition coefficient (Wildman–Crippen LogP) is 3.82. The van der Waals surface area contributed by atoms with Crippen LogP contribution in [0, 0.1) is 0 Å². The highest BCUT2D eigenvalue weighted by atomic mass is 16.5. The van der Waals surface area contributed by atoms with Crippen LogP contribution in [-0.2, 0) is 4.74 Å². The van der Waals surface area contributed by atoms with Crippen LogP contribution in [0.15, 0.2) is 60.7 Å². The molecule has 3 aromatic carbocycles. The first-order valence-corrected chi connectivity index (χ1v) is 9.77. The molecule has 3 rings (SSSR count). The van der Waals surface area contributed by atoms with Gasteiger partial charge in [0.1, 0.15) is 12.4 Å². The Hall–Kier alpha value is -2.89. The number of carbonyl (C=O) groups excluding carboxylic acids is 1. The number of likely N-dealkylation sites (N-methyl/N-ethyl adjacent to an activating group) is 1. The maximum atomic E-state index is 12.7. The van der Waals surface area contributed by atoms with Gasteiger partial charge in [0.2, 0.25) is 0 Å². The Morgan fingerprint density at radius 3 is 2.34 bits per heavy atom. The SMILES string of the molecule is COCCOc1ccc(-c2ccc(C(=O)NCCN(C)C)c3ccccc23)cc1. The zero-order valence-corrected chi connectivity index (χ0v) is 17.3. The molecule has 0 fully saturated rings. The van der Waals surface area contributed by atoms with Gasteiger partial charge in [0.05, 0.1) is 6.61 Å². The summed E-state index contributed by atoms with van der Waals surface area (Å²) in [7, 11) is 5.64. The van der Waals surface area contributed by atoms with Gasteiger partial charge >= 0.3 is 0 Å². The van der Waals surface area contributed by atoms with Gasteiger partial charge in [-0.25, -0.2) is 0 Å². The molecule has 29 heavy (non-hydrogen) atoms. The lowest BCUT2D eigenvalue weighted by molar-refractivity contribution is 0.0952. The van der Waals surface area contributed by atoms with Crippen LogP contribution in [0.4, 0.5) is 0 Å². The van der Waals surface area contributed by atoms with Crippen molar-refractivity contribution in [1.29, 1.82) is 0 Å². The number of amides is 1. The first-order chi connectivity index (χ1) is 14.1. The molecule has 0 heterocycles. The van der Waals surface area contributed by atoms with Crippen LogP contribution in [0.5, 0.6) is 5.75 Å². The molecule has 0 radical (unpaired) electrons. The van der Waals surface area contributed by atoms with Crippen molar-refractivity contribution in [3.05, 3.63) is 66.2 Å². The normalized spacial score (nSPS) is 11.0. The molecular weight excluding hydrogens is 364 g/mol. The lowest BCUT2D eigenvalue weighted by atomic mass is 9.94. The number of hydrogen-bond acceptors (Lipinski definition) is 4. The van der Waals surface area contributed by atoms with Crippen molar-refractivity contribution in [2.24, 2.45) is 0 Å². The predicted molar refractivity (Wildman–Crippen MR) is 118 cm³/mol. The summed E-state index contributed by atoms with van der Waals surface area (Å²) in [6.07, 6.45) is 0. The van der Waals surface area contributed by atoms with Gasteiger partial charge in [-0.05, 0) is 54.2 Å². The van der Waals surface area contributed by atoms with E-state index in [0.29, 0.717) is 25.3 Å². The third-order valence-corrected chi connectivity index (χ3v) is 4.73. The van der Waals surface area contributed by atoms with Gasteiger partial charge in [0.25, 0.3) is 5.91 Å². The van der Waals surface area contributed by atoms with Crippen LogP contribution in [-0.4, -0.2) is 58.3 Å². The molecule has 0 unspecified atom stereocenters. The second kappa shape index (κ2) is 10.0. The summed E-state index contributed by atoms with van der Waals surface area (Å²) >= 11 is 0. The van der Waals surface area contributed by atoms with Crippen molar-refractivity contribution in [3.8, 4) is 16.9 Å². The van der Waals surface area contributed by atoms with Crippen LogP contribution in [0.25, 0.3) is 21.9 Å². The topological polar surface area (TPSA) is 50.8 Å². The van der Waals surface area contributed by atoms with Crippen molar-refractivity contribution in [2.75, 3.05) is 47.5 Å². The van der Waals surface area contributed by atoms with E-state index in [0.717, 1.165) is 34.2 Å². The second-order valence-corrected chi connectivity index (χ2v) is 7.13. The highest BCUT2D eigenvalue weighted by molar-refractivity contribution is 6.10. The number of carbonyl (C=O) groups is 1. The number of nitrogens with one attached hydrogen (secondary N) is 1. The van der Waals surface area contributed by atoms with Gasteiger partial charge in [-0.1, -0.05) is 42.5 Å². The highest BCUT2D eigenvalue weighted by Crippen LogP contribution is 2.31. The minimum Gasteiger partial charge on any atom is -0.491 e. The average molecular weight is 392 g/mol. The molecular formula is C24H28N2O3. The van der Waals surface area contributed by atoms with Crippen LogP contribution in [0.3, 0.4) is 0 Å². The van der Waals surface area contributed by atoms with Crippen molar-refractivity contribution >= 4 is 16.7 Å². The summed E-state index contributed by atoms with van der Waals surface area (Å²) in [5, 5.41) is 5.01. The molecule has 3 aromatic rings. The third kappa shape index (κ3) is 5.34. The fraction of sp³-hybridized carbons (Fsp3) is 0.292. The Morgan fingerprint density at radius 1 is 0.931 bits per heavy atom. The molecule has 0 bridgehead atoms. The molecule has 0 aliphatic heterocycles. The summed E-state index contributed by atoms with van der Waals surface area (Å²) in [5.74, 6) is 0.767. The van der Waals surface area contributed by atoms with Gasteiger partial charge in [-0.2, -0.15) is 0 Å². The summed E-state index contributed by atoms with van der Waals surface area (Å²) in [6, 6.07) is 20.0. The molecule has 0 spiro atoms. The number of methoxy groups -OCH3 is 1. The summed E-state index contributed by atoms with van der Waals surface area (Å²) in [5.41, 5.74) is 2.87. The Kier molecular flexibility index (Phi) is 7.22. The van der Waals surface area contributed by atoms with Gasteiger partial charge in [0, 0.05) is 25.8 Å². The summed E-state index contributed by atoms with van der Waals surface area (Å²) in [4.78, 5) is 14.7. The van der Waals surface area contributed by atoms with Crippen LogP contribution < -0.4 is 10.1 Å². The third-order valence-electron chi connectivity index (χ3n) is 4.73. The van der Waals surface area contributed by atoms with E-state index in [2.05, 4.69) is 11.4 Å². The Morgan fingerprint density at radius 2 is 1.66 bits per heavy atom. The molecule has 0 saturated carbocycles. The Labute approximate surface area is 172 Å². The van der Waals surface area contributed by atoms with E-state index in [-0.39, 0.29) is 5.91 Å². The Bertz CT molecular complexity index is 952. The van der Waals surface area contributed by atoms with E-state index < -0.39 is 0 Å². The van der Waals surface area contributed by atoms with Gasteiger partial charge < -0.3 is 19.7 Å². The van der Waals surface area contributed by atoms with Crippen molar-refractivity contribution in [2.45, 2.75) is 0 Å². The van der Waals surface area contributed by atoms with Crippen LogP contribution in [0.1, 0.15) is 10.4 Å². The van der Waals surface area contributed by atoms with Gasteiger partial charge in [0.15, 0.2) is 0 Å². The first kappa shape index (κ1) is 20.8. The van der Waals surface area contributed by atoms with E-state index in [1.807, 2.05) is 73.6 Å². The molecule has 1 amide bonds. The second-order valence-electron chi connectivity index (χ2n) is 7.13. The fourth-order valence-corrected chi connectivity index (χ4v) is 3.21. The van der Waals surface area contributed by atoms with Crippen molar-refractivity contribution in [1.82, 2.24) is 10.2 Å². The van der Waals surface area contributed by atoms with Crippen molar-refractivity contribution < 1.29 is 14.3 Å². The molecule has 152 valence electrons. The molecule has 5 heteroatoms. The van der Waals surface area contributed by atoms with E-state index in [1.54, 1.807) is 7.11 Å². The molecule has 5 nitrogen and oxygen atoms in total. The zero-order valence-electron chi connectivity index (χ0n) is 17.3. The van der Waals surface area contributed by atoms with Gasteiger partial charge in [-0.15, -0.1) is 0 Å². The van der Waals surface area contributed by atoms with Crippen LogP contribution >= 0.6 is 0 Å². The van der Waals surface area contributed by atoms with E-state index in [4.69, 9.17) is 9.47 Å². The quantitative estimate of drug-likeness (QED) is 0.563. The monoisotopic (exact) mass is 392 g/mol. The number of benzene rings is 3. The fourth-order valence-electron chi connectivity index (χ4n) is 3.21. The molecule has 1 N–H and O–H groups in total. The average Bonchev–Trinajstić information content (AvgIpc) is 2.73. The Balaban J connectivity index is 1.86. The first-order valence-electron chi connectivity index (χ1n) is 9.77. The molecule has 0 saturated heterocycles. The maximum absolute atomic E-state index is 12.7. The summed E-state index contributed by atoms with van der Waals surface area (Å²) in [6.45, 7) is 2.51. The largest absolute Gasteiger partial charge is 0.491 e. The number of rotatable bonds is 9. The van der Waals surface area contributed by atoms with E-state index >= 15 is 0 Å². The maximum Gasteiger partial charge on any atom is 0.251 e. The van der Waals surface area contributed by atoms with E-state index in [1.165, 1.54) is 0 Å². The highest BCUT2D eigenvalue weighted by Gasteiger charge is 2.13. The van der Waals surface area contributed by atoms with Crippen molar-refractivity contribution in [3.63, 3.8) is 0 Å². The lowest BCUT2D eigenvalue weighted by Crippen LogP contribution is -2.31. The molecule has 0 atom stereocenters. The molecule has 0 aliphatic rings. The molecule has 0 aliphatic carbocycles. The lowest BCUT2D eigenvalue weighted by Gasteiger charge is -2.14. The number of ether oxygens (including phenoxy) is 2. The molecule has 0 aromatic heterocycles. The van der Waals surface area contributed by atoms with Crippen LogP contribution in [0.2, 0.25) is 0 Å². The standard InChI is InChI=1S/C24H28N2O3/c1-26(2)15-14-25-24(27)23-13-12-20(21-6-4-5-7-22(21)23)18-8-10-19(11-9-18)29-17-16-28-3/h4-13H,14-17H2,1-3H3,(H,25,27). The van der Waals surface area contributed by atoms with Gasteiger partial charge in [-0.3, -0.25) is 4.79 Å². The minimum atomic E-state index is -0.0449. The number of hydrogen-bond donors (Lipinski definition) is 1. The smallest absolute Gasteiger partial charge is 0.251 e. The zero-order chi connectivity index (χ0) is 20.6. The number of nitrogens with zero attached hydrogens (tertiary/aromatic N) is 1. The minimum absolute atomic E-state index is 0.0449. The summed E-state index contributed by atoms with van der Waals surface area (Å²) < 4.78 is 10.7. The number of fused-ring (bicyclic) bond motifs is 1.